The van der Waals surface area contributed by atoms with Gasteiger partial charge in [0.2, 0.25) is 0 Å². The van der Waals surface area contributed by atoms with Gasteiger partial charge in [-0.05, 0) is 15.9 Å². The largest absolute Gasteiger partial charge is 0.367 e. The minimum Gasteiger partial charge on any atom is -0.367 e. The molecule has 7 heteroatoms. The zero-order valence-electron chi connectivity index (χ0n) is 12.0. The number of piperazine rings is 1. The van der Waals surface area contributed by atoms with Crippen LogP contribution >= 0.6 is 15.9 Å². The third-order valence-electron chi connectivity index (χ3n) is 4.20. The Morgan fingerprint density at radius 1 is 1.38 bits per heavy atom. The smallest absolute Gasteiger partial charge is 0.283 e. The van der Waals surface area contributed by atoms with Gasteiger partial charge in [-0.25, -0.2) is 4.68 Å². The van der Waals surface area contributed by atoms with Crippen LogP contribution in [0.15, 0.2) is 28.1 Å². The highest BCUT2D eigenvalue weighted by molar-refractivity contribution is 9.10. The average molecular weight is 354 g/mol. The first kappa shape index (κ1) is 14.7. The van der Waals surface area contributed by atoms with Gasteiger partial charge in [0.1, 0.15) is 4.47 Å². The van der Waals surface area contributed by atoms with Crippen LogP contribution < -0.4 is 15.8 Å². The molecule has 1 aromatic rings. The Morgan fingerprint density at radius 3 is 2.67 bits per heavy atom. The Bertz CT molecular complexity index is 575. The number of nitrogens with zero attached hydrogens (tertiary/aromatic N) is 4. The summed E-state index contributed by atoms with van der Waals surface area (Å²) in [5, 5.41) is 7.53. The zero-order chi connectivity index (χ0) is 14.8. The molecule has 0 spiro atoms. The molecular formula is C14H20BrN5O. The van der Waals surface area contributed by atoms with Crippen molar-refractivity contribution >= 4 is 21.6 Å². The summed E-state index contributed by atoms with van der Waals surface area (Å²) < 4.78 is 2.01. The second-order valence-electron chi connectivity index (χ2n) is 5.45. The van der Waals surface area contributed by atoms with E-state index in [0.717, 1.165) is 45.0 Å². The summed E-state index contributed by atoms with van der Waals surface area (Å²) in [4.78, 5) is 17.0. The first-order valence-corrected chi connectivity index (χ1v) is 8.06. The maximum absolute atomic E-state index is 12.2. The van der Waals surface area contributed by atoms with E-state index < -0.39 is 0 Å². The molecule has 2 aliphatic rings. The molecule has 3 rings (SSSR count). The summed E-state index contributed by atoms with van der Waals surface area (Å²) in [6, 6.07) is 0.689. The van der Waals surface area contributed by atoms with E-state index in [1.165, 1.54) is 4.68 Å². The van der Waals surface area contributed by atoms with Crippen molar-refractivity contribution in [3.8, 4) is 0 Å². The van der Waals surface area contributed by atoms with E-state index in [0.29, 0.717) is 17.1 Å². The van der Waals surface area contributed by atoms with Gasteiger partial charge in [-0.1, -0.05) is 6.08 Å². The highest BCUT2D eigenvalue weighted by atomic mass is 79.9. The van der Waals surface area contributed by atoms with E-state index in [2.05, 4.69) is 42.7 Å². The summed E-state index contributed by atoms with van der Waals surface area (Å²) in [7, 11) is 0. The predicted molar refractivity (Wildman–Crippen MR) is 86.8 cm³/mol. The van der Waals surface area contributed by atoms with Gasteiger partial charge in [-0.3, -0.25) is 9.69 Å². The topological polar surface area (TPSA) is 53.4 Å². The van der Waals surface area contributed by atoms with Gasteiger partial charge in [0.05, 0.1) is 18.4 Å². The third kappa shape index (κ3) is 2.90. The molecule has 0 aromatic carbocycles. The van der Waals surface area contributed by atoms with Crippen LogP contribution in [0, 0.1) is 0 Å². The predicted octanol–water partition coefficient (Wildman–Crippen LogP) is 0.286. The summed E-state index contributed by atoms with van der Waals surface area (Å²) in [5.41, 5.74) is 0.796. The second kappa shape index (κ2) is 6.29. The van der Waals surface area contributed by atoms with E-state index in [-0.39, 0.29) is 5.56 Å². The second-order valence-corrected chi connectivity index (χ2v) is 6.25. The number of hydrogen-bond acceptors (Lipinski definition) is 5. The SMILES string of the molecule is C=CCn1ncc(N2CCN(C3CNC3)CC2)c(Br)c1=O. The number of halogens is 1. The summed E-state index contributed by atoms with van der Waals surface area (Å²) >= 11 is 3.43. The van der Waals surface area contributed by atoms with Crippen LogP contribution in [0.4, 0.5) is 5.69 Å². The summed E-state index contributed by atoms with van der Waals surface area (Å²) in [5.74, 6) is 0. The Kier molecular flexibility index (Phi) is 4.42. The Morgan fingerprint density at radius 2 is 2.10 bits per heavy atom. The molecule has 2 saturated heterocycles. The molecule has 21 heavy (non-hydrogen) atoms. The first-order chi connectivity index (χ1) is 10.2. The lowest BCUT2D eigenvalue weighted by atomic mass is 10.1. The quantitative estimate of drug-likeness (QED) is 0.788. The number of anilines is 1. The van der Waals surface area contributed by atoms with Gasteiger partial charge in [0.15, 0.2) is 0 Å². The van der Waals surface area contributed by atoms with Crippen molar-refractivity contribution in [3.63, 3.8) is 0 Å². The number of aromatic nitrogens is 2. The lowest BCUT2D eigenvalue weighted by Crippen LogP contribution is -2.61. The maximum Gasteiger partial charge on any atom is 0.283 e. The molecule has 0 unspecified atom stereocenters. The lowest BCUT2D eigenvalue weighted by molar-refractivity contribution is 0.138. The van der Waals surface area contributed by atoms with Gasteiger partial charge >= 0.3 is 0 Å². The minimum absolute atomic E-state index is 0.0991. The molecule has 0 atom stereocenters. The number of allylic oxidation sites excluding steroid dienone is 1. The van der Waals surface area contributed by atoms with Crippen molar-refractivity contribution in [2.24, 2.45) is 0 Å². The maximum atomic E-state index is 12.2. The molecule has 0 amide bonds. The van der Waals surface area contributed by atoms with Gasteiger partial charge in [-0.15, -0.1) is 6.58 Å². The van der Waals surface area contributed by atoms with Crippen LogP contribution in [0.1, 0.15) is 0 Å². The van der Waals surface area contributed by atoms with Crippen LogP contribution in [0.3, 0.4) is 0 Å². The van der Waals surface area contributed by atoms with Crippen molar-refractivity contribution < 1.29 is 0 Å². The molecule has 2 aliphatic heterocycles. The molecule has 0 bridgehead atoms. The van der Waals surface area contributed by atoms with Crippen molar-refractivity contribution in [1.29, 1.82) is 0 Å². The lowest BCUT2D eigenvalue weighted by Gasteiger charge is -2.43. The first-order valence-electron chi connectivity index (χ1n) is 7.27. The Labute approximate surface area is 132 Å². The minimum atomic E-state index is -0.0991. The molecule has 3 heterocycles. The van der Waals surface area contributed by atoms with Crippen LogP contribution in [-0.4, -0.2) is 60.0 Å². The van der Waals surface area contributed by atoms with E-state index in [9.17, 15) is 4.79 Å². The van der Waals surface area contributed by atoms with Gasteiger partial charge in [0.25, 0.3) is 5.56 Å². The normalized spacial score (nSPS) is 20.3. The fourth-order valence-electron chi connectivity index (χ4n) is 2.79. The van der Waals surface area contributed by atoms with Gasteiger partial charge in [0, 0.05) is 45.3 Å². The summed E-state index contributed by atoms with van der Waals surface area (Å²) in [6.45, 7) is 10.2. The monoisotopic (exact) mass is 353 g/mol. The van der Waals surface area contributed by atoms with E-state index >= 15 is 0 Å². The number of rotatable bonds is 4. The zero-order valence-corrected chi connectivity index (χ0v) is 13.5. The van der Waals surface area contributed by atoms with Crippen LogP contribution in [0.2, 0.25) is 0 Å². The standard InChI is InChI=1S/C14H20BrN5O/c1-2-3-20-14(21)13(15)12(10-17-20)19-6-4-18(5-7-19)11-8-16-9-11/h2,10-11,16H,1,3-9H2. The highest BCUT2D eigenvalue weighted by Gasteiger charge is 2.28. The third-order valence-corrected chi connectivity index (χ3v) is 4.95. The van der Waals surface area contributed by atoms with Gasteiger partial charge in [-0.2, -0.15) is 5.10 Å². The Hall–Kier alpha value is -1.18. The molecule has 2 fully saturated rings. The summed E-state index contributed by atoms with van der Waals surface area (Å²) in [6.07, 6.45) is 3.45. The molecule has 0 aliphatic carbocycles. The fourth-order valence-corrected chi connectivity index (χ4v) is 3.35. The molecule has 1 aromatic heterocycles. The highest BCUT2D eigenvalue weighted by Crippen LogP contribution is 2.23. The van der Waals surface area contributed by atoms with Crippen LogP contribution in [0.25, 0.3) is 0 Å². The van der Waals surface area contributed by atoms with E-state index in [1.807, 2.05) is 0 Å². The molecular weight excluding hydrogens is 334 g/mol. The van der Waals surface area contributed by atoms with Crippen molar-refractivity contribution in [3.05, 3.63) is 33.7 Å². The van der Waals surface area contributed by atoms with Crippen molar-refractivity contribution in [2.75, 3.05) is 44.2 Å². The van der Waals surface area contributed by atoms with Crippen LogP contribution in [0.5, 0.6) is 0 Å². The molecule has 6 nitrogen and oxygen atoms in total. The molecule has 0 saturated carbocycles. The fraction of sp³-hybridized carbons (Fsp3) is 0.571. The van der Waals surface area contributed by atoms with Crippen LogP contribution in [-0.2, 0) is 6.54 Å². The number of nitrogens with one attached hydrogen (secondary N) is 1. The molecule has 114 valence electrons. The Balaban J connectivity index is 1.71. The van der Waals surface area contributed by atoms with Gasteiger partial charge < -0.3 is 10.2 Å². The van der Waals surface area contributed by atoms with Crippen molar-refractivity contribution in [2.45, 2.75) is 12.6 Å². The average Bonchev–Trinajstić information content (AvgIpc) is 2.44. The van der Waals surface area contributed by atoms with E-state index in [1.54, 1.807) is 12.3 Å². The molecule has 1 N–H and O–H groups in total. The number of hydrogen-bond donors (Lipinski definition) is 1. The molecule has 0 radical (unpaired) electrons. The van der Waals surface area contributed by atoms with Crippen molar-refractivity contribution in [1.82, 2.24) is 20.0 Å². The van der Waals surface area contributed by atoms with E-state index in [4.69, 9.17) is 0 Å².